The van der Waals surface area contributed by atoms with Gasteiger partial charge < -0.3 is 0 Å². The summed E-state index contributed by atoms with van der Waals surface area (Å²) < 4.78 is 0. The molecule has 0 amide bonds. The lowest BCUT2D eigenvalue weighted by Crippen LogP contribution is -1.87. The first kappa shape index (κ1) is 19.7. The third-order valence-corrected chi connectivity index (χ3v) is 4.29. The van der Waals surface area contributed by atoms with Crippen LogP contribution in [0.15, 0.2) is 82.8 Å². The van der Waals surface area contributed by atoms with Crippen LogP contribution in [-0.2, 0) is 0 Å². The number of benzene rings is 3. The summed E-state index contributed by atoms with van der Waals surface area (Å²) in [6.07, 6.45) is 3.47. The highest BCUT2D eigenvalue weighted by atomic mass is 35.5. The normalized spacial score (nSPS) is 11.2. The molecule has 3 aromatic carbocycles. The van der Waals surface area contributed by atoms with Crippen LogP contribution < -0.4 is 0 Å². The van der Waals surface area contributed by atoms with Crippen LogP contribution in [0.25, 0.3) is 0 Å². The fraction of sp³-hybridized carbons (Fsp3) is 0. The van der Waals surface area contributed by atoms with Crippen LogP contribution in [-0.4, -0.2) is 22.9 Å². The van der Waals surface area contributed by atoms with Crippen molar-refractivity contribution in [3.8, 4) is 0 Å². The zero-order chi connectivity index (χ0) is 19.9. The van der Waals surface area contributed by atoms with Crippen molar-refractivity contribution in [2.24, 2.45) is 9.98 Å². The van der Waals surface area contributed by atoms with Crippen LogP contribution in [0, 0.1) is 0 Å². The van der Waals surface area contributed by atoms with Gasteiger partial charge >= 0.3 is 0 Å². The third kappa shape index (κ3) is 5.46. The van der Waals surface area contributed by atoms with E-state index in [0.29, 0.717) is 11.1 Å². The van der Waals surface area contributed by atoms with Crippen molar-refractivity contribution in [1.82, 2.24) is 0 Å². The molecule has 0 aliphatic rings. The van der Waals surface area contributed by atoms with E-state index in [4.69, 9.17) is 23.2 Å². The highest BCUT2D eigenvalue weighted by Gasteiger charge is 2.01. The first-order valence-corrected chi connectivity index (χ1v) is 9.05. The summed E-state index contributed by atoms with van der Waals surface area (Å²) in [7, 11) is 0. The number of rotatable bonds is 6. The number of hydrogen-bond acceptors (Lipinski definition) is 4. The van der Waals surface area contributed by atoms with Gasteiger partial charge in [-0.15, -0.1) is 0 Å². The molecule has 0 fully saturated rings. The van der Waals surface area contributed by atoms with E-state index in [2.05, 4.69) is 9.98 Å². The van der Waals surface area contributed by atoms with Gasteiger partial charge in [-0.05, 0) is 82.9 Å². The molecule has 0 N–H and O–H groups in total. The van der Waals surface area contributed by atoms with E-state index in [1.807, 2.05) is 24.3 Å². The minimum atomic E-state index is -0.490. The van der Waals surface area contributed by atoms with Gasteiger partial charge in [-0.2, -0.15) is 0 Å². The summed E-state index contributed by atoms with van der Waals surface area (Å²) in [5, 5.41) is -0.979. The van der Waals surface area contributed by atoms with Crippen LogP contribution >= 0.6 is 23.2 Å². The van der Waals surface area contributed by atoms with Gasteiger partial charge in [-0.3, -0.25) is 19.6 Å². The van der Waals surface area contributed by atoms with Crippen LogP contribution in [0.2, 0.25) is 0 Å². The lowest BCUT2D eigenvalue weighted by Gasteiger charge is -1.98. The molecule has 0 saturated heterocycles. The van der Waals surface area contributed by atoms with Gasteiger partial charge in [0.25, 0.3) is 10.5 Å². The van der Waals surface area contributed by atoms with E-state index in [1.165, 1.54) is 0 Å². The Morgan fingerprint density at radius 2 is 0.893 bits per heavy atom. The van der Waals surface area contributed by atoms with Gasteiger partial charge in [-0.25, -0.2) is 0 Å². The zero-order valence-corrected chi connectivity index (χ0v) is 16.1. The second kappa shape index (κ2) is 9.22. The fourth-order valence-electron chi connectivity index (χ4n) is 2.32. The Kier molecular flexibility index (Phi) is 6.48. The summed E-state index contributed by atoms with van der Waals surface area (Å²) in [6, 6.07) is 21.2. The second-order valence-corrected chi connectivity index (χ2v) is 6.51. The van der Waals surface area contributed by atoms with Crippen LogP contribution in [0.1, 0.15) is 31.8 Å². The van der Waals surface area contributed by atoms with Gasteiger partial charge in [0.15, 0.2) is 0 Å². The third-order valence-electron chi connectivity index (χ3n) is 3.85. The summed E-state index contributed by atoms with van der Waals surface area (Å²) in [5.74, 6) is 0. The maximum absolute atomic E-state index is 11.1. The molecule has 138 valence electrons. The van der Waals surface area contributed by atoms with Crippen molar-refractivity contribution in [1.29, 1.82) is 0 Å². The maximum atomic E-state index is 11.1. The largest absolute Gasteiger partial charge is 0.276 e. The average molecular weight is 409 g/mol. The number of carbonyl (C=O) groups excluding carboxylic acids is 2. The predicted octanol–water partition coefficient (Wildman–Crippen LogP) is 5.95. The smallest absolute Gasteiger partial charge is 0.252 e. The predicted molar refractivity (Wildman–Crippen MR) is 114 cm³/mol. The molecule has 0 aliphatic carbocycles. The first-order valence-electron chi connectivity index (χ1n) is 8.29. The van der Waals surface area contributed by atoms with Crippen molar-refractivity contribution < 1.29 is 9.59 Å². The van der Waals surface area contributed by atoms with E-state index >= 15 is 0 Å². The Bertz CT molecular complexity index is 953. The second-order valence-electron chi connectivity index (χ2n) is 5.82. The molecular weight excluding hydrogens is 395 g/mol. The number of hydrogen-bond donors (Lipinski definition) is 0. The highest BCUT2D eigenvalue weighted by molar-refractivity contribution is 6.68. The van der Waals surface area contributed by atoms with Crippen LogP contribution in [0.4, 0.5) is 11.4 Å². The SMILES string of the molecule is O=C(Cl)c1ccc(N=Cc2ccc(C=Nc3ccc(C(=O)Cl)cc3)cc2)cc1. The van der Waals surface area contributed by atoms with Gasteiger partial charge in [0.05, 0.1) is 11.4 Å². The highest BCUT2D eigenvalue weighted by Crippen LogP contribution is 2.16. The minimum absolute atomic E-state index is 0.438. The van der Waals surface area contributed by atoms with E-state index < -0.39 is 10.5 Å². The van der Waals surface area contributed by atoms with Crippen molar-refractivity contribution in [3.63, 3.8) is 0 Å². The molecule has 0 radical (unpaired) electrons. The fourth-order valence-corrected chi connectivity index (χ4v) is 2.58. The average Bonchev–Trinajstić information content (AvgIpc) is 2.72. The molecule has 0 heterocycles. The molecule has 0 aromatic heterocycles. The summed E-state index contributed by atoms with van der Waals surface area (Å²) >= 11 is 10.8. The van der Waals surface area contributed by atoms with Crippen molar-refractivity contribution in [2.75, 3.05) is 0 Å². The Labute approximate surface area is 172 Å². The Morgan fingerprint density at radius 3 is 1.18 bits per heavy atom. The molecule has 0 unspecified atom stereocenters. The van der Waals surface area contributed by atoms with Crippen molar-refractivity contribution >= 4 is 57.5 Å². The molecule has 28 heavy (non-hydrogen) atoms. The number of halogens is 2. The molecule has 4 nitrogen and oxygen atoms in total. The van der Waals surface area contributed by atoms with Gasteiger partial charge in [-0.1, -0.05) is 24.3 Å². The van der Waals surface area contributed by atoms with Gasteiger partial charge in [0.2, 0.25) is 0 Å². The molecule has 0 bridgehead atoms. The Balaban J connectivity index is 1.64. The minimum Gasteiger partial charge on any atom is -0.276 e. The number of aliphatic imine (C=N–C) groups is 2. The van der Waals surface area contributed by atoms with Crippen LogP contribution in [0.3, 0.4) is 0 Å². The molecular formula is C22H14Cl2N2O2. The van der Waals surface area contributed by atoms with E-state index in [1.54, 1.807) is 61.0 Å². The van der Waals surface area contributed by atoms with Crippen LogP contribution in [0.5, 0.6) is 0 Å². The lowest BCUT2D eigenvalue weighted by atomic mass is 10.1. The monoisotopic (exact) mass is 408 g/mol. The zero-order valence-electron chi connectivity index (χ0n) is 14.5. The topological polar surface area (TPSA) is 58.9 Å². The standard InChI is InChI=1S/C22H14Cl2N2O2/c23-21(27)17-5-9-19(10-6-17)25-13-15-1-2-16(4-3-15)14-26-20-11-7-18(8-12-20)22(24)28/h1-14H. The first-order chi connectivity index (χ1) is 13.5. The molecule has 0 aliphatic heterocycles. The summed E-state index contributed by atoms with van der Waals surface area (Å²) in [4.78, 5) is 30.8. The number of nitrogens with zero attached hydrogens (tertiary/aromatic N) is 2. The van der Waals surface area contributed by atoms with E-state index in [9.17, 15) is 9.59 Å². The maximum Gasteiger partial charge on any atom is 0.252 e. The molecule has 3 rings (SSSR count). The van der Waals surface area contributed by atoms with E-state index in [0.717, 1.165) is 22.5 Å². The Hall–Kier alpha value is -3.08. The molecule has 0 spiro atoms. The molecule has 6 heteroatoms. The summed E-state index contributed by atoms with van der Waals surface area (Å²) in [5.41, 5.74) is 4.19. The molecule has 0 saturated carbocycles. The van der Waals surface area contributed by atoms with E-state index in [-0.39, 0.29) is 0 Å². The van der Waals surface area contributed by atoms with Crippen molar-refractivity contribution in [2.45, 2.75) is 0 Å². The lowest BCUT2D eigenvalue weighted by molar-refractivity contribution is 0.107. The van der Waals surface area contributed by atoms with Gasteiger partial charge in [0, 0.05) is 23.6 Å². The quantitative estimate of drug-likeness (QED) is 0.373. The summed E-state index contributed by atoms with van der Waals surface area (Å²) in [6.45, 7) is 0. The number of carbonyl (C=O) groups is 2. The van der Waals surface area contributed by atoms with Crippen molar-refractivity contribution in [3.05, 3.63) is 95.1 Å². The Morgan fingerprint density at radius 1 is 0.571 bits per heavy atom. The molecule has 3 aromatic rings. The molecule has 0 atom stereocenters. The van der Waals surface area contributed by atoms with Gasteiger partial charge in [0.1, 0.15) is 0 Å².